The summed E-state index contributed by atoms with van der Waals surface area (Å²) in [6.07, 6.45) is 0. The van der Waals surface area contributed by atoms with Crippen LogP contribution < -0.4 is 17.3 Å². The molecule has 6 N–H and O–H groups in total. The van der Waals surface area contributed by atoms with E-state index in [-0.39, 0.29) is 5.95 Å². The topological polar surface area (TPSA) is 122 Å². The lowest BCUT2D eigenvalue weighted by Crippen LogP contribution is -2.13. The lowest BCUT2D eigenvalue weighted by atomic mass is 10.4. The first-order valence-corrected chi connectivity index (χ1v) is 4.60. The largest absolute Gasteiger partial charge is 0.375 e. The zero-order valence-electron chi connectivity index (χ0n) is 7.43. The minimum absolute atomic E-state index is 0.159. The fourth-order valence-corrected chi connectivity index (χ4v) is 1.90. The molecule has 2 rings (SSSR count). The van der Waals surface area contributed by atoms with Gasteiger partial charge in [-0.2, -0.15) is 0 Å². The summed E-state index contributed by atoms with van der Waals surface area (Å²) in [4.78, 5) is 4.84. The van der Waals surface area contributed by atoms with Gasteiger partial charge >= 0.3 is 0 Å². The van der Waals surface area contributed by atoms with Crippen molar-refractivity contribution in [3.63, 3.8) is 0 Å². The van der Waals surface area contributed by atoms with Crippen LogP contribution in [0.2, 0.25) is 0 Å². The molecule has 0 atom stereocenters. The fourth-order valence-electron chi connectivity index (χ4n) is 1.08. The van der Waals surface area contributed by atoms with E-state index in [1.54, 1.807) is 0 Å². The average molecular weight is 211 g/mol. The number of nitrogen functional groups attached to an aromatic ring is 3. The third-order valence-corrected chi connectivity index (χ3v) is 2.72. The van der Waals surface area contributed by atoms with Crippen LogP contribution in [0, 0.1) is 6.92 Å². The van der Waals surface area contributed by atoms with Crippen molar-refractivity contribution in [3.05, 3.63) is 5.69 Å². The first-order chi connectivity index (χ1) is 6.59. The fraction of sp³-hybridized carbons (Fsp3) is 0.167. The second kappa shape index (κ2) is 2.84. The Labute approximate surface area is 83.5 Å². The molecule has 2 heterocycles. The van der Waals surface area contributed by atoms with Crippen LogP contribution in [0.3, 0.4) is 0 Å². The molecule has 0 aromatic carbocycles. The molecule has 7 nitrogen and oxygen atoms in total. The van der Waals surface area contributed by atoms with Gasteiger partial charge in [0.2, 0.25) is 5.95 Å². The third-order valence-electron chi connectivity index (χ3n) is 1.74. The van der Waals surface area contributed by atoms with Crippen LogP contribution in [-0.4, -0.2) is 19.9 Å². The van der Waals surface area contributed by atoms with Crippen molar-refractivity contribution in [2.24, 2.45) is 0 Å². The zero-order chi connectivity index (χ0) is 10.3. The number of hydrogen-bond donors (Lipinski definition) is 3. The minimum Gasteiger partial charge on any atom is -0.375 e. The lowest BCUT2D eigenvalue weighted by molar-refractivity contribution is 1.02. The molecule has 0 spiro atoms. The number of nitrogens with two attached hydrogens (primary N) is 3. The second-order valence-electron chi connectivity index (χ2n) is 2.72. The van der Waals surface area contributed by atoms with Gasteiger partial charge in [-0.3, -0.25) is 0 Å². The standard InChI is InChI=1S/C6H9N7S/c1-2-3(14-6(8)10-2)4-11-12-5(7)13(4)9/h9H2,1H3,(H2,7,12)(H2,8,10). The van der Waals surface area contributed by atoms with E-state index in [4.69, 9.17) is 17.3 Å². The van der Waals surface area contributed by atoms with Crippen molar-refractivity contribution in [2.45, 2.75) is 6.92 Å². The third kappa shape index (κ3) is 1.16. The lowest BCUT2D eigenvalue weighted by Gasteiger charge is -1.97. The van der Waals surface area contributed by atoms with Gasteiger partial charge in [-0.1, -0.05) is 11.3 Å². The summed E-state index contributed by atoms with van der Waals surface area (Å²) in [6, 6.07) is 0. The van der Waals surface area contributed by atoms with E-state index in [1.165, 1.54) is 16.0 Å². The first kappa shape index (κ1) is 8.75. The first-order valence-electron chi connectivity index (χ1n) is 3.79. The Kier molecular flexibility index (Phi) is 1.78. The average Bonchev–Trinajstić information content (AvgIpc) is 2.59. The molecular weight excluding hydrogens is 202 g/mol. The van der Waals surface area contributed by atoms with Crippen LogP contribution in [-0.2, 0) is 0 Å². The Morgan fingerprint density at radius 3 is 2.43 bits per heavy atom. The van der Waals surface area contributed by atoms with Crippen LogP contribution >= 0.6 is 11.3 Å². The number of aryl methyl sites for hydroxylation is 1. The zero-order valence-corrected chi connectivity index (χ0v) is 8.25. The Morgan fingerprint density at radius 1 is 1.29 bits per heavy atom. The maximum atomic E-state index is 5.62. The Hall–Kier alpha value is -1.83. The summed E-state index contributed by atoms with van der Waals surface area (Å²) in [6.45, 7) is 1.83. The molecule has 14 heavy (non-hydrogen) atoms. The van der Waals surface area contributed by atoms with Gasteiger partial charge in [0.25, 0.3) is 0 Å². The summed E-state index contributed by atoms with van der Waals surface area (Å²) >= 11 is 1.30. The van der Waals surface area contributed by atoms with Crippen molar-refractivity contribution < 1.29 is 0 Å². The molecular formula is C6H9N7S. The van der Waals surface area contributed by atoms with Crippen molar-refractivity contribution in [2.75, 3.05) is 17.3 Å². The van der Waals surface area contributed by atoms with E-state index in [9.17, 15) is 0 Å². The monoisotopic (exact) mass is 211 g/mol. The van der Waals surface area contributed by atoms with E-state index in [1.807, 2.05) is 6.92 Å². The smallest absolute Gasteiger partial charge is 0.241 e. The van der Waals surface area contributed by atoms with E-state index in [0.717, 1.165) is 10.6 Å². The van der Waals surface area contributed by atoms with Gasteiger partial charge in [0.05, 0.1) is 10.6 Å². The summed E-state index contributed by atoms with van der Waals surface area (Å²) in [7, 11) is 0. The molecule has 0 amide bonds. The molecule has 0 aliphatic carbocycles. The highest BCUT2D eigenvalue weighted by molar-refractivity contribution is 7.18. The van der Waals surface area contributed by atoms with Crippen molar-refractivity contribution in [3.8, 4) is 10.7 Å². The summed E-state index contributed by atoms with van der Waals surface area (Å²) in [5, 5.41) is 7.96. The molecule has 74 valence electrons. The Bertz CT molecular complexity index is 470. The number of thiazole rings is 1. The molecule has 0 radical (unpaired) electrons. The van der Waals surface area contributed by atoms with Crippen LogP contribution in [0.1, 0.15) is 5.69 Å². The maximum absolute atomic E-state index is 5.62. The quantitative estimate of drug-likeness (QED) is 0.551. The van der Waals surface area contributed by atoms with E-state index in [2.05, 4.69) is 15.2 Å². The highest BCUT2D eigenvalue weighted by atomic mass is 32.1. The Morgan fingerprint density at radius 2 is 2.00 bits per heavy atom. The van der Waals surface area contributed by atoms with Crippen molar-refractivity contribution in [1.29, 1.82) is 0 Å². The molecule has 2 aromatic rings. The maximum Gasteiger partial charge on any atom is 0.241 e. The molecule has 0 bridgehead atoms. The molecule has 0 saturated heterocycles. The number of rotatable bonds is 1. The van der Waals surface area contributed by atoms with Crippen LogP contribution in [0.25, 0.3) is 10.7 Å². The molecule has 0 aliphatic heterocycles. The Balaban J connectivity index is 2.59. The molecule has 2 aromatic heterocycles. The molecule has 0 saturated carbocycles. The van der Waals surface area contributed by atoms with Crippen LogP contribution in [0.15, 0.2) is 0 Å². The van der Waals surface area contributed by atoms with Crippen molar-refractivity contribution >= 4 is 22.4 Å². The van der Waals surface area contributed by atoms with Gasteiger partial charge in [-0.05, 0) is 6.92 Å². The van der Waals surface area contributed by atoms with Crippen LogP contribution in [0.5, 0.6) is 0 Å². The van der Waals surface area contributed by atoms with Gasteiger partial charge in [0, 0.05) is 0 Å². The molecule has 0 fully saturated rings. The summed E-state index contributed by atoms with van der Waals surface area (Å²) < 4.78 is 1.21. The number of anilines is 2. The second-order valence-corrected chi connectivity index (χ2v) is 3.75. The number of nitrogens with zero attached hydrogens (tertiary/aromatic N) is 4. The van der Waals surface area contributed by atoms with Gasteiger partial charge < -0.3 is 17.3 Å². The summed E-state index contributed by atoms with van der Waals surface area (Å²) in [5.41, 5.74) is 11.8. The van der Waals surface area contributed by atoms with Crippen LogP contribution in [0.4, 0.5) is 11.1 Å². The SMILES string of the molecule is Cc1nc(N)sc1-c1nnc(N)n1N. The van der Waals surface area contributed by atoms with Gasteiger partial charge in [-0.15, -0.1) is 10.2 Å². The minimum atomic E-state index is 0.159. The molecule has 8 heteroatoms. The molecule has 0 unspecified atom stereocenters. The van der Waals surface area contributed by atoms with Gasteiger partial charge in [0.15, 0.2) is 11.0 Å². The van der Waals surface area contributed by atoms with E-state index >= 15 is 0 Å². The molecule has 0 aliphatic rings. The number of aromatic nitrogens is 4. The van der Waals surface area contributed by atoms with Gasteiger partial charge in [0.1, 0.15) is 0 Å². The summed E-state index contributed by atoms with van der Waals surface area (Å²) in [5.74, 6) is 6.26. The van der Waals surface area contributed by atoms with E-state index in [0.29, 0.717) is 11.0 Å². The predicted molar refractivity (Wildman–Crippen MR) is 54.8 cm³/mol. The predicted octanol–water partition coefficient (Wildman–Crippen LogP) is -0.412. The van der Waals surface area contributed by atoms with E-state index < -0.39 is 0 Å². The number of hydrogen-bond acceptors (Lipinski definition) is 7. The van der Waals surface area contributed by atoms with Gasteiger partial charge in [-0.25, -0.2) is 9.66 Å². The highest BCUT2D eigenvalue weighted by Gasteiger charge is 2.15. The highest BCUT2D eigenvalue weighted by Crippen LogP contribution is 2.29. The van der Waals surface area contributed by atoms with Crippen molar-refractivity contribution in [1.82, 2.24) is 19.9 Å². The normalized spacial score (nSPS) is 10.6.